The average Bonchev–Trinajstić information content (AvgIpc) is 2.76. The molecular weight excluding hydrogens is 282 g/mol. The van der Waals surface area contributed by atoms with Crippen LogP contribution in [0.5, 0.6) is 0 Å². The minimum Gasteiger partial charge on any atom is -0.313 e. The van der Waals surface area contributed by atoms with Crippen LogP contribution in [0.15, 0.2) is 30.3 Å². The first kappa shape index (κ1) is 16.5. The van der Waals surface area contributed by atoms with Crippen molar-refractivity contribution in [2.75, 3.05) is 12.3 Å². The molecule has 1 fully saturated rings. The first-order valence-electron chi connectivity index (χ1n) is 7.82. The van der Waals surface area contributed by atoms with Crippen molar-refractivity contribution in [3.05, 3.63) is 35.9 Å². The normalized spacial score (nSPS) is 23.1. The zero-order valence-corrected chi connectivity index (χ0v) is 14.1. The van der Waals surface area contributed by atoms with E-state index in [1.54, 1.807) is 0 Å². The molecule has 1 aliphatic rings. The van der Waals surface area contributed by atoms with Crippen molar-refractivity contribution in [1.29, 1.82) is 0 Å². The lowest BCUT2D eigenvalue weighted by molar-refractivity contribution is 0.387. The van der Waals surface area contributed by atoms with E-state index in [1.807, 2.05) is 6.07 Å². The molecule has 2 unspecified atom stereocenters. The number of benzene rings is 1. The molecule has 21 heavy (non-hydrogen) atoms. The van der Waals surface area contributed by atoms with Gasteiger partial charge in [-0.2, -0.15) is 0 Å². The number of sulfone groups is 1. The van der Waals surface area contributed by atoms with Gasteiger partial charge in [-0.25, -0.2) is 8.42 Å². The van der Waals surface area contributed by atoms with Crippen LogP contribution in [0, 0.1) is 0 Å². The van der Waals surface area contributed by atoms with Crippen LogP contribution in [0.1, 0.15) is 45.6 Å². The van der Waals surface area contributed by atoms with Gasteiger partial charge in [0.15, 0.2) is 9.84 Å². The van der Waals surface area contributed by atoms with Gasteiger partial charge in [-0.05, 0) is 37.2 Å². The van der Waals surface area contributed by atoms with E-state index in [9.17, 15) is 8.42 Å². The van der Waals surface area contributed by atoms with Crippen LogP contribution in [-0.4, -0.2) is 32.0 Å². The Morgan fingerprint density at radius 3 is 2.52 bits per heavy atom. The Hall–Kier alpha value is -0.870. The molecule has 0 saturated carbocycles. The molecular formula is C17H27NO2S. The van der Waals surface area contributed by atoms with Gasteiger partial charge < -0.3 is 5.32 Å². The molecule has 0 amide bonds. The van der Waals surface area contributed by atoms with E-state index >= 15 is 0 Å². The molecule has 0 spiro atoms. The third-order valence-corrected chi connectivity index (χ3v) is 6.80. The summed E-state index contributed by atoms with van der Waals surface area (Å²) in [7, 11) is -2.84. The zero-order chi connectivity index (χ0) is 15.5. The first-order valence-corrected chi connectivity index (χ1v) is 9.53. The highest BCUT2D eigenvalue weighted by molar-refractivity contribution is 7.92. The summed E-state index contributed by atoms with van der Waals surface area (Å²) in [6, 6.07) is 10.8. The largest absolute Gasteiger partial charge is 0.313 e. The van der Waals surface area contributed by atoms with E-state index in [0.29, 0.717) is 18.3 Å². The second-order valence-electron chi connectivity index (χ2n) is 6.89. The molecule has 1 heterocycles. The molecule has 1 N–H and O–H groups in total. The third kappa shape index (κ3) is 4.30. The summed E-state index contributed by atoms with van der Waals surface area (Å²) in [6.07, 6.45) is 2.62. The van der Waals surface area contributed by atoms with Crippen molar-refractivity contribution in [3.8, 4) is 0 Å². The molecule has 0 aromatic heterocycles. The second-order valence-corrected chi connectivity index (χ2v) is 9.30. The number of hydrogen-bond donors (Lipinski definition) is 1. The Kier molecular flexibility index (Phi) is 5.10. The van der Waals surface area contributed by atoms with Crippen molar-refractivity contribution in [3.63, 3.8) is 0 Å². The monoisotopic (exact) mass is 309 g/mol. The predicted molar refractivity (Wildman–Crippen MR) is 88.4 cm³/mol. The molecule has 0 aliphatic carbocycles. The molecule has 1 aromatic carbocycles. The highest BCUT2D eigenvalue weighted by Gasteiger charge is 2.31. The van der Waals surface area contributed by atoms with Crippen molar-refractivity contribution in [2.45, 2.75) is 56.7 Å². The summed E-state index contributed by atoms with van der Waals surface area (Å²) in [6.45, 7) is 7.22. The fourth-order valence-corrected chi connectivity index (χ4v) is 5.04. The van der Waals surface area contributed by atoms with E-state index in [1.165, 1.54) is 5.56 Å². The molecule has 3 nitrogen and oxygen atoms in total. The minimum atomic E-state index is -2.84. The molecule has 1 aromatic rings. The summed E-state index contributed by atoms with van der Waals surface area (Å²) < 4.78 is 23.7. The molecule has 0 radical (unpaired) electrons. The molecule has 2 atom stereocenters. The second kappa shape index (κ2) is 6.49. The summed E-state index contributed by atoms with van der Waals surface area (Å²) in [5, 5.41) is 3.25. The van der Waals surface area contributed by atoms with Gasteiger partial charge in [-0.15, -0.1) is 0 Å². The molecule has 1 saturated heterocycles. The van der Waals surface area contributed by atoms with Crippen molar-refractivity contribution in [2.24, 2.45) is 0 Å². The highest BCUT2D eigenvalue weighted by Crippen LogP contribution is 2.28. The minimum absolute atomic E-state index is 0.0855. The number of rotatable bonds is 6. The Labute approximate surface area is 129 Å². The van der Waals surface area contributed by atoms with Crippen LogP contribution in [0.2, 0.25) is 0 Å². The van der Waals surface area contributed by atoms with Crippen molar-refractivity contribution in [1.82, 2.24) is 5.32 Å². The topological polar surface area (TPSA) is 46.2 Å². The predicted octanol–water partition coefficient (Wildman–Crippen LogP) is 2.91. The number of nitrogens with one attached hydrogen (secondary N) is 1. The standard InChI is InChI=1S/C17H27NO2S/c1-14(18-13-16-10-7-11-21(16,19)20)12-17(2,3)15-8-5-4-6-9-15/h4-6,8-9,14,16,18H,7,10-13H2,1-3H3. The van der Waals surface area contributed by atoms with Crippen LogP contribution in [0.4, 0.5) is 0 Å². The Morgan fingerprint density at radius 1 is 1.29 bits per heavy atom. The van der Waals surface area contributed by atoms with Gasteiger partial charge in [-0.1, -0.05) is 44.2 Å². The van der Waals surface area contributed by atoms with Crippen LogP contribution in [-0.2, 0) is 15.3 Å². The summed E-state index contributed by atoms with van der Waals surface area (Å²) >= 11 is 0. The average molecular weight is 309 g/mol. The van der Waals surface area contributed by atoms with Crippen LogP contribution >= 0.6 is 0 Å². The van der Waals surface area contributed by atoms with E-state index in [0.717, 1.165) is 19.3 Å². The lowest BCUT2D eigenvalue weighted by atomic mass is 9.79. The smallest absolute Gasteiger partial charge is 0.154 e. The maximum atomic E-state index is 11.8. The highest BCUT2D eigenvalue weighted by atomic mass is 32.2. The summed E-state index contributed by atoms with van der Waals surface area (Å²) in [5.41, 5.74) is 1.41. The van der Waals surface area contributed by atoms with Crippen LogP contribution in [0.25, 0.3) is 0 Å². The summed E-state index contributed by atoms with van der Waals surface area (Å²) in [4.78, 5) is 0. The van der Waals surface area contributed by atoms with Crippen LogP contribution in [0.3, 0.4) is 0 Å². The van der Waals surface area contributed by atoms with Crippen molar-refractivity contribution >= 4 is 9.84 Å². The SMILES string of the molecule is CC(CC(C)(C)c1ccccc1)NCC1CCCS1(=O)=O. The maximum absolute atomic E-state index is 11.8. The first-order chi connectivity index (χ1) is 9.81. The fraction of sp³-hybridized carbons (Fsp3) is 0.647. The Bertz CT molecular complexity index is 551. The fourth-order valence-electron chi connectivity index (χ4n) is 3.26. The maximum Gasteiger partial charge on any atom is 0.154 e. The van der Waals surface area contributed by atoms with Crippen LogP contribution < -0.4 is 5.32 Å². The summed E-state index contributed by atoms with van der Waals surface area (Å²) in [5.74, 6) is 0.364. The molecule has 118 valence electrons. The van der Waals surface area contributed by atoms with E-state index in [4.69, 9.17) is 0 Å². The van der Waals surface area contributed by atoms with Crippen molar-refractivity contribution < 1.29 is 8.42 Å². The quantitative estimate of drug-likeness (QED) is 0.879. The zero-order valence-electron chi connectivity index (χ0n) is 13.3. The number of hydrogen-bond acceptors (Lipinski definition) is 3. The lowest BCUT2D eigenvalue weighted by Gasteiger charge is -2.29. The van der Waals surface area contributed by atoms with Gasteiger partial charge in [0.2, 0.25) is 0 Å². The van der Waals surface area contributed by atoms with E-state index in [2.05, 4.69) is 50.4 Å². The van der Waals surface area contributed by atoms with Gasteiger partial charge in [0.05, 0.1) is 11.0 Å². The molecule has 0 bridgehead atoms. The Morgan fingerprint density at radius 2 is 1.95 bits per heavy atom. The van der Waals surface area contributed by atoms with Gasteiger partial charge >= 0.3 is 0 Å². The third-order valence-electron chi connectivity index (χ3n) is 4.53. The van der Waals surface area contributed by atoms with Gasteiger partial charge in [0.25, 0.3) is 0 Å². The molecule has 4 heteroatoms. The van der Waals surface area contributed by atoms with Gasteiger partial charge in [0, 0.05) is 12.6 Å². The van der Waals surface area contributed by atoms with E-state index in [-0.39, 0.29) is 10.7 Å². The van der Waals surface area contributed by atoms with Gasteiger partial charge in [0.1, 0.15) is 0 Å². The molecule has 1 aliphatic heterocycles. The van der Waals surface area contributed by atoms with Gasteiger partial charge in [-0.3, -0.25) is 0 Å². The molecule has 2 rings (SSSR count). The Balaban J connectivity index is 1.88. The lowest BCUT2D eigenvalue weighted by Crippen LogP contribution is -2.39. The van der Waals surface area contributed by atoms with E-state index < -0.39 is 9.84 Å².